The number of hydrogen-bond acceptors (Lipinski definition) is 5. The molecule has 2 fully saturated rings. The Morgan fingerprint density at radius 3 is 2.55 bits per heavy atom. The van der Waals surface area contributed by atoms with Gasteiger partial charge in [-0.2, -0.15) is 0 Å². The van der Waals surface area contributed by atoms with Gasteiger partial charge < -0.3 is 15.0 Å². The minimum atomic E-state index is -0.488. The van der Waals surface area contributed by atoms with Crippen LogP contribution in [0.2, 0.25) is 0 Å². The van der Waals surface area contributed by atoms with Crippen molar-refractivity contribution in [2.24, 2.45) is 0 Å². The fourth-order valence-corrected chi connectivity index (χ4v) is 4.64. The smallest absolute Gasteiger partial charge is 0.356 e. The van der Waals surface area contributed by atoms with Crippen LogP contribution in [0.1, 0.15) is 42.6 Å². The van der Waals surface area contributed by atoms with Gasteiger partial charge in [0.2, 0.25) is 5.91 Å². The Balaban J connectivity index is 1.37. The first-order valence-corrected chi connectivity index (χ1v) is 10.6. The second-order valence-corrected chi connectivity index (χ2v) is 8.06. The largest absolute Gasteiger partial charge is 0.464 e. The minimum Gasteiger partial charge on any atom is -0.464 e. The number of hydrogen-bond donors (Lipinski definition) is 2. The van der Waals surface area contributed by atoms with Crippen LogP contribution in [-0.2, 0) is 9.53 Å². The molecule has 2 heterocycles. The van der Waals surface area contributed by atoms with Gasteiger partial charge in [-0.3, -0.25) is 14.6 Å². The maximum absolute atomic E-state index is 12.7. The molecule has 1 aromatic heterocycles. The van der Waals surface area contributed by atoms with Crippen molar-refractivity contribution in [3.8, 4) is 0 Å². The van der Waals surface area contributed by atoms with Gasteiger partial charge in [0.25, 0.3) is 0 Å². The third-order valence-corrected chi connectivity index (χ3v) is 6.23. The Labute approximate surface area is 171 Å². The first kappa shape index (κ1) is 19.9. The van der Waals surface area contributed by atoms with E-state index < -0.39 is 5.97 Å². The third kappa shape index (κ3) is 4.46. The number of piperazine rings is 1. The highest BCUT2D eigenvalue weighted by Gasteiger charge is 2.26. The number of methoxy groups -OCH3 is 1. The van der Waals surface area contributed by atoms with Gasteiger partial charge in [-0.1, -0.05) is 37.5 Å². The van der Waals surface area contributed by atoms with Crippen molar-refractivity contribution in [1.29, 1.82) is 0 Å². The fourth-order valence-electron chi connectivity index (χ4n) is 4.64. The van der Waals surface area contributed by atoms with Crippen molar-refractivity contribution >= 4 is 28.5 Å². The second kappa shape index (κ2) is 8.97. The summed E-state index contributed by atoms with van der Waals surface area (Å²) in [4.78, 5) is 32.7. The summed E-state index contributed by atoms with van der Waals surface area (Å²) < 4.78 is 4.87. The number of H-pyrrole nitrogens is 1. The quantitative estimate of drug-likeness (QED) is 0.758. The lowest BCUT2D eigenvalue weighted by Gasteiger charge is -2.40. The van der Waals surface area contributed by atoms with Crippen molar-refractivity contribution in [2.75, 3.05) is 45.2 Å². The van der Waals surface area contributed by atoms with E-state index in [0.717, 1.165) is 43.1 Å². The summed E-state index contributed by atoms with van der Waals surface area (Å²) in [6.45, 7) is 4.19. The number of fused-ring (bicyclic) bond motifs is 1. The third-order valence-electron chi connectivity index (χ3n) is 6.23. The molecule has 0 atom stereocenters. The average Bonchev–Trinajstić information content (AvgIpc) is 3.12. The number of ether oxygens (including phenoxy) is 1. The standard InChI is InChI=1S/C22H30N4O3/c1-29-22(28)21-20(17-9-5-6-10-18(17)23-21)24-19(27)15-25-11-13-26(14-12-25)16-7-3-2-4-8-16/h5-6,9-10,16,23H,2-4,7-8,11-15H2,1H3,(H,24,27). The summed E-state index contributed by atoms with van der Waals surface area (Å²) >= 11 is 0. The molecule has 156 valence electrons. The maximum Gasteiger partial charge on any atom is 0.356 e. The lowest BCUT2D eigenvalue weighted by atomic mass is 9.94. The van der Waals surface area contributed by atoms with Crippen LogP contribution >= 0.6 is 0 Å². The molecule has 7 nitrogen and oxygen atoms in total. The highest BCUT2D eigenvalue weighted by molar-refractivity contribution is 6.11. The molecule has 4 rings (SSSR count). The maximum atomic E-state index is 12.7. The number of esters is 1. The number of nitrogens with one attached hydrogen (secondary N) is 2. The zero-order valence-corrected chi connectivity index (χ0v) is 17.1. The normalized spacial score (nSPS) is 19.3. The molecule has 7 heteroatoms. The van der Waals surface area contributed by atoms with Crippen LogP contribution in [0.4, 0.5) is 5.69 Å². The highest BCUT2D eigenvalue weighted by Crippen LogP contribution is 2.28. The van der Waals surface area contributed by atoms with Gasteiger partial charge in [0, 0.05) is 43.1 Å². The van der Waals surface area contributed by atoms with Gasteiger partial charge >= 0.3 is 5.97 Å². The molecule has 1 aliphatic carbocycles. The van der Waals surface area contributed by atoms with Gasteiger partial charge in [0.05, 0.1) is 19.3 Å². The molecule has 2 N–H and O–H groups in total. The van der Waals surface area contributed by atoms with E-state index in [-0.39, 0.29) is 11.6 Å². The molecule has 1 amide bonds. The van der Waals surface area contributed by atoms with E-state index in [1.54, 1.807) is 0 Å². The number of nitrogens with zero attached hydrogens (tertiary/aromatic N) is 2. The number of carbonyl (C=O) groups is 2. The molecule has 1 saturated carbocycles. The van der Waals surface area contributed by atoms with Gasteiger partial charge in [-0.05, 0) is 18.9 Å². The molecule has 1 saturated heterocycles. The molecule has 0 bridgehead atoms. The zero-order chi connectivity index (χ0) is 20.2. The van der Waals surface area contributed by atoms with Crippen molar-refractivity contribution < 1.29 is 14.3 Å². The van der Waals surface area contributed by atoms with Crippen LogP contribution in [-0.4, -0.2) is 72.5 Å². The Kier molecular flexibility index (Phi) is 6.16. The van der Waals surface area contributed by atoms with E-state index in [9.17, 15) is 9.59 Å². The first-order valence-electron chi connectivity index (χ1n) is 10.6. The van der Waals surface area contributed by atoms with Crippen LogP contribution in [0.3, 0.4) is 0 Å². The molecule has 0 spiro atoms. The number of anilines is 1. The Bertz CT molecular complexity index is 864. The molecule has 0 unspecified atom stereocenters. The number of rotatable bonds is 5. The van der Waals surface area contributed by atoms with E-state index in [0.29, 0.717) is 12.2 Å². The minimum absolute atomic E-state index is 0.106. The number of benzene rings is 1. The van der Waals surface area contributed by atoms with Crippen LogP contribution < -0.4 is 5.32 Å². The molecule has 29 heavy (non-hydrogen) atoms. The number of amides is 1. The van der Waals surface area contributed by atoms with Crippen molar-refractivity contribution in [1.82, 2.24) is 14.8 Å². The predicted octanol–water partition coefficient (Wildman–Crippen LogP) is 2.84. The monoisotopic (exact) mass is 398 g/mol. The molecule has 1 aromatic carbocycles. The van der Waals surface area contributed by atoms with Crippen LogP contribution in [0.25, 0.3) is 10.9 Å². The molecule has 2 aliphatic rings. The van der Waals surface area contributed by atoms with Crippen molar-refractivity contribution in [3.05, 3.63) is 30.0 Å². The Hall–Kier alpha value is -2.38. The number of carbonyl (C=O) groups excluding carboxylic acids is 2. The number of para-hydroxylation sites is 1. The van der Waals surface area contributed by atoms with E-state index in [4.69, 9.17) is 4.74 Å². The number of aromatic amines is 1. The summed E-state index contributed by atoms with van der Waals surface area (Å²) in [6.07, 6.45) is 6.70. The van der Waals surface area contributed by atoms with Crippen molar-refractivity contribution in [3.63, 3.8) is 0 Å². The van der Waals surface area contributed by atoms with E-state index >= 15 is 0 Å². The zero-order valence-electron chi connectivity index (χ0n) is 17.1. The Morgan fingerprint density at radius 2 is 1.83 bits per heavy atom. The van der Waals surface area contributed by atoms with Crippen molar-refractivity contribution in [2.45, 2.75) is 38.1 Å². The van der Waals surface area contributed by atoms with E-state index in [2.05, 4.69) is 20.1 Å². The lowest BCUT2D eigenvalue weighted by Crippen LogP contribution is -2.52. The topological polar surface area (TPSA) is 77.7 Å². The SMILES string of the molecule is COC(=O)c1[nH]c2ccccc2c1NC(=O)CN1CCN(C2CCCCC2)CC1. The van der Waals surface area contributed by atoms with Crippen LogP contribution in [0.15, 0.2) is 24.3 Å². The second-order valence-electron chi connectivity index (χ2n) is 8.06. The summed E-state index contributed by atoms with van der Waals surface area (Å²) in [5.41, 5.74) is 1.58. The highest BCUT2D eigenvalue weighted by atomic mass is 16.5. The van der Waals surface area contributed by atoms with Gasteiger partial charge in [0.15, 0.2) is 0 Å². The fraction of sp³-hybridized carbons (Fsp3) is 0.545. The first-order chi connectivity index (χ1) is 14.2. The summed E-state index contributed by atoms with van der Waals surface area (Å²) in [5, 5.41) is 3.75. The summed E-state index contributed by atoms with van der Waals surface area (Å²) in [6, 6.07) is 8.27. The van der Waals surface area contributed by atoms with E-state index in [1.807, 2.05) is 24.3 Å². The molecule has 0 radical (unpaired) electrons. The van der Waals surface area contributed by atoms with Gasteiger partial charge in [-0.15, -0.1) is 0 Å². The molecular weight excluding hydrogens is 368 g/mol. The van der Waals surface area contributed by atoms with Crippen LogP contribution in [0, 0.1) is 0 Å². The van der Waals surface area contributed by atoms with E-state index in [1.165, 1.54) is 39.2 Å². The summed E-state index contributed by atoms with van der Waals surface area (Å²) in [5.74, 6) is -0.594. The van der Waals surface area contributed by atoms with Crippen LogP contribution in [0.5, 0.6) is 0 Å². The number of aromatic nitrogens is 1. The van der Waals surface area contributed by atoms with Gasteiger partial charge in [-0.25, -0.2) is 4.79 Å². The molecule has 1 aliphatic heterocycles. The molecule has 2 aromatic rings. The average molecular weight is 399 g/mol. The summed E-state index contributed by atoms with van der Waals surface area (Å²) in [7, 11) is 1.34. The lowest BCUT2D eigenvalue weighted by molar-refractivity contribution is -0.117. The Morgan fingerprint density at radius 1 is 1.10 bits per heavy atom. The molecular formula is C22H30N4O3. The van der Waals surface area contributed by atoms with Gasteiger partial charge in [0.1, 0.15) is 5.69 Å². The predicted molar refractivity (Wildman–Crippen MR) is 113 cm³/mol.